The molecule has 0 heterocycles. The van der Waals surface area contributed by atoms with Crippen LogP contribution in [0.25, 0.3) is 0 Å². The summed E-state index contributed by atoms with van der Waals surface area (Å²) in [5.41, 5.74) is 5.45. The number of aryl methyl sites for hydroxylation is 2. The smallest absolute Gasteiger partial charge is 0.159 e. The molecule has 19 heavy (non-hydrogen) atoms. The normalized spacial score (nSPS) is 18.5. The first kappa shape index (κ1) is 15.9. The van der Waals surface area contributed by atoms with Gasteiger partial charge in [0.2, 0.25) is 0 Å². The summed E-state index contributed by atoms with van der Waals surface area (Å²) in [6.07, 6.45) is 6.34. The Hall–Kier alpha value is -1.11. The second-order valence-electron chi connectivity index (χ2n) is 4.89. The molecule has 3 rings (SSSR count). The lowest BCUT2D eigenvalue weighted by atomic mass is 9.83. The highest BCUT2D eigenvalue weighted by molar-refractivity contribution is 5.94. The van der Waals surface area contributed by atoms with Crippen molar-refractivity contribution in [2.45, 2.75) is 72.6 Å². The third-order valence-corrected chi connectivity index (χ3v) is 3.93. The number of hydrogen-bond acceptors (Lipinski definition) is 1. The van der Waals surface area contributed by atoms with E-state index in [4.69, 9.17) is 0 Å². The molecule has 2 aliphatic rings. The van der Waals surface area contributed by atoms with E-state index in [9.17, 15) is 4.79 Å². The molecule has 0 saturated heterocycles. The van der Waals surface area contributed by atoms with Crippen LogP contribution in [0.3, 0.4) is 0 Å². The standard InChI is InChI=1S/C14H16O.2C2H6/c1-9(15)13-7-11-4-2-3-10-5-6-12(8-13)14(10)11;2*1-2/h7-8,10H,2-6H2,1H3;2*1-2H3. The van der Waals surface area contributed by atoms with Gasteiger partial charge >= 0.3 is 0 Å². The molecule has 1 nitrogen and oxygen atoms in total. The van der Waals surface area contributed by atoms with Gasteiger partial charge in [0.15, 0.2) is 5.78 Å². The minimum Gasteiger partial charge on any atom is -0.295 e. The van der Waals surface area contributed by atoms with Gasteiger partial charge in [0.05, 0.1) is 0 Å². The van der Waals surface area contributed by atoms with Crippen molar-refractivity contribution >= 4 is 5.78 Å². The van der Waals surface area contributed by atoms with Gasteiger partial charge in [-0.15, -0.1) is 0 Å². The van der Waals surface area contributed by atoms with E-state index in [1.54, 1.807) is 12.5 Å². The third kappa shape index (κ3) is 3.26. The summed E-state index contributed by atoms with van der Waals surface area (Å²) >= 11 is 0. The molecule has 0 radical (unpaired) electrons. The zero-order chi connectivity index (χ0) is 14.4. The van der Waals surface area contributed by atoms with E-state index in [2.05, 4.69) is 12.1 Å². The molecular formula is C18H28O. The molecule has 0 aliphatic heterocycles. The van der Waals surface area contributed by atoms with E-state index >= 15 is 0 Å². The highest BCUT2D eigenvalue weighted by Crippen LogP contribution is 2.43. The SMILES string of the molecule is CC.CC.CC(=O)c1cc2c3c(c1)CCC3CCC2. The van der Waals surface area contributed by atoms with Crippen LogP contribution in [0, 0.1) is 0 Å². The Labute approximate surface area is 118 Å². The summed E-state index contributed by atoms with van der Waals surface area (Å²) in [5, 5.41) is 0. The number of Topliss-reactive ketones (excluding diaryl/α,β-unsaturated/α-hetero) is 1. The largest absolute Gasteiger partial charge is 0.295 e. The Bertz CT molecular complexity index is 432. The highest BCUT2D eigenvalue weighted by Gasteiger charge is 2.28. The topological polar surface area (TPSA) is 17.1 Å². The molecule has 1 aromatic carbocycles. The van der Waals surface area contributed by atoms with Gasteiger partial charge in [-0.2, -0.15) is 0 Å². The second-order valence-corrected chi connectivity index (χ2v) is 4.89. The average Bonchev–Trinajstić information content (AvgIpc) is 2.88. The summed E-state index contributed by atoms with van der Waals surface area (Å²) < 4.78 is 0. The Morgan fingerprint density at radius 3 is 2.16 bits per heavy atom. The minimum absolute atomic E-state index is 0.211. The Morgan fingerprint density at radius 2 is 1.58 bits per heavy atom. The van der Waals surface area contributed by atoms with Crippen molar-refractivity contribution in [3.8, 4) is 0 Å². The monoisotopic (exact) mass is 260 g/mol. The van der Waals surface area contributed by atoms with Gasteiger partial charge in [0.25, 0.3) is 0 Å². The van der Waals surface area contributed by atoms with Gasteiger partial charge in [-0.25, -0.2) is 0 Å². The number of carbonyl (C=O) groups excluding carboxylic acids is 1. The first-order valence-corrected chi connectivity index (χ1v) is 7.92. The number of carbonyl (C=O) groups is 1. The van der Waals surface area contributed by atoms with E-state index < -0.39 is 0 Å². The molecule has 0 fully saturated rings. The minimum atomic E-state index is 0.211. The molecule has 0 amide bonds. The molecule has 0 spiro atoms. The van der Waals surface area contributed by atoms with Crippen LogP contribution < -0.4 is 0 Å². The number of rotatable bonds is 1. The van der Waals surface area contributed by atoms with Gasteiger partial charge in [0.1, 0.15) is 0 Å². The van der Waals surface area contributed by atoms with E-state index in [0.717, 1.165) is 11.5 Å². The number of ketones is 1. The molecule has 0 aromatic heterocycles. The summed E-state index contributed by atoms with van der Waals surface area (Å²) in [4.78, 5) is 11.4. The van der Waals surface area contributed by atoms with Crippen LogP contribution in [0.2, 0.25) is 0 Å². The lowest BCUT2D eigenvalue weighted by molar-refractivity contribution is 0.101. The van der Waals surface area contributed by atoms with Gasteiger partial charge in [-0.1, -0.05) is 27.7 Å². The maximum Gasteiger partial charge on any atom is 0.159 e. The summed E-state index contributed by atoms with van der Waals surface area (Å²) in [7, 11) is 0. The van der Waals surface area contributed by atoms with Crippen molar-refractivity contribution in [1.29, 1.82) is 0 Å². The van der Waals surface area contributed by atoms with Crippen molar-refractivity contribution in [2.75, 3.05) is 0 Å². The van der Waals surface area contributed by atoms with Gasteiger partial charge in [-0.3, -0.25) is 4.79 Å². The first-order valence-electron chi connectivity index (χ1n) is 7.92. The van der Waals surface area contributed by atoms with Crippen molar-refractivity contribution < 1.29 is 4.79 Å². The molecule has 1 aromatic rings. The maximum absolute atomic E-state index is 11.4. The zero-order valence-corrected chi connectivity index (χ0v) is 13.2. The van der Waals surface area contributed by atoms with E-state index in [1.807, 2.05) is 27.7 Å². The summed E-state index contributed by atoms with van der Waals surface area (Å²) in [5.74, 6) is 1.02. The second kappa shape index (κ2) is 7.47. The molecule has 0 saturated carbocycles. The zero-order valence-electron chi connectivity index (χ0n) is 13.2. The molecule has 0 bridgehead atoms. The molecular weight excluding hydrogens is 232 g/mol. The number of benzene rings is 1. The fraction of sp³-hybridized carbons (Fsp3) is 0.611. The summed E-state index contributed by atoms with van der Waals surface area (Å²) in [6.45, 7) is 9.67. The quantitative estimate of drug-likeness (QED) is 0.625. The van der Waals surface area contributed by atoms with Crippen LogP contribution in [0.15, 0.2) is 12.1 Å². The first-order chi connectivity index (χ1) is 9.25. The third-order valence-electron chi connectivity index (χ3n) is 3.93. The molecule has 1 unspecified atom stereocenters. The lowest BCUT2D eigenvalue weighted by Crippen LogP contribution is -2.08. The fourth-order valence-electron chi connectivity index (χ4n) is 3.22. The molecule has 106 valence electrons. The van der Waals surface area contributed by atoms with Crippen LogP contribution in [0.1, 0.15) is 86.8 Å². The van der Waals surface area contributed by atoms with Crippen LogP contribution in [0.5, 0.6) is 0 Å². The van der Waals surface area contributed by atoms with Crippen molar-refractivity contribution in [3.05, 3.63) is 34.4 Å². The Balaban J connectivity index is 0.000000415. The average molecular weight is 260 g/mol. The number of hydrogen-bond donors (Lipinski definition) is 0. The Morgan fingerprint density at radius 1 is 1.00 bits per heavy atom. The van der Waals surface area contributed by atoms with Crippen molar-refractivity contribution in [3.63, 3.8) is 0 Å². The predicted octanol–water partition coefficient (Wildman–Crippen LogP) is 5.31. The van der Waals surface area contributed by atoms with Crippen LogP contribution >= 0.6 is 0 Å². The molecule has 0 N–H and O–H groups in total. The van der Waals surface area contributed by atoms with Crippen LogP contribution in [-0.2, 0) is 12.8 Å². The van der Waals surface area contributed by atoms with Crippen molar-refractivity contribution in [2.24, 2.45) is 0 Å². The highest BCUT2D eigenvalue weighted by atomic mass is 16.1. The fourth-order valence-corrected chi connectivity index (χ4v) is 3.22. The lowest BCUT2D eigenvalue weighted by Gasteiger charge is -2.22. The van der Waals surface area contributed by atoms with Crippen LogP contribution in [-0.4, -0.2) is 5.78 Å². The van der Waals surface area contributed by atoms with E-state index in [-0.39, 0.29) is 5.78 Å². The van der Waals surface area contributed by atoms with Crippen LogP contribution in [0.4, 0.5) is 0 Å². The molecule has 1 atom stereocenters. The predicted molar refractivity (Wildman–Crippen MR) is 83.1 cm³/mol. The van der Waals surface area contributed by atoms with Gasteiger partial charge in [0, 0.05) is 5.56 Å². The Kier molecular flexibility index (Phi) is 6.27. The van der Waals surface area contributed by atoms with Gasteiger partial charge < -0.3 is 0 Å². The van der Waals surface area contributed by atoms with Crippen molar-refractivity contribution in [1.82, 2.24) is 0 Å². The molecule has 2 aliphatic carbocycles. The van der Waals surface area contributed by atoms with E-state index in [1.165, 1.54) is 43.2 Å². The van der Waals surface area contributed by atoms with Gasteiger partial charge in [-0.05, 0) is 73.8 Å². The maximum atomic E-state index is 11.4. The molecule has 1 heteroatoms. The van der Waals surface area contributed by atoms with E-state index in [0.29, 0.717) is 0 Å². The summed E-state index contributed by atoms with van der Waals surface area (Å²) in [6, 6.07) is 4.27.